The molecule has 0 atom stereocenters. The van der Waals surface area contributed by atoms with Crippen LogP contribution >= 0.6 is 0 Å². The topological polar surface area (TPSA) is 103 Å². The van der Waals surface area contributed by atoms with Gasteiger partial charge in [-0.2, -0.15) is 0 Å². The van der Waals surface area contributed by atoms with E-state index in [1.54, 1.807) is 12.1 Å². The second kappa shape index (κ2) is 8.20. The average Bonchev–Trinajstić information content (AvgIpc) is 2.77. The Morgan fingerprint density at radius 3 is 2.23 bits per heavy atom. The summed E-state index contributed by atoms with van der Waals surface area (Å²) in [5.41, 5.74) is 9.28. The number of nitrogen functional groups attached to an aromatic ring is 1. The first-order valence-electron chi connectivity index (χ1n) is 9.48. The average molecular weight is 413 g/mol. The lowest BCUT2D eigenvalue weighted by atomic mass is 10.0. The minimum atomic E-state index is -1.33. The fourth-order valence-electron chi connectivity index (χ4n) is 3.27. The van der Waals surface area contributed by atoms with Crippen LogP contribution in [0.1, 0.15) is 21.5 Å². The zero-order chi connectivity index (χ0) is 22.0. The first-order valence-corrected chi connectivity index (χ1v) is 9.48. The maximum atomic E-state index is 11.8. The lowest BCUT2D eigenvalue weighted by Crippen LogP contribution is -2.12. The van der Waals surface area contributed by atoms with Gasteiger partial charge in [-0.1, -0.05) is 48.6 Å². The van der Waals surface area contributed by atoms with E-state index >= 15 is 0 Å². The van der Waals surface area contributed by atoms with E-state index in [4.69, 9.17) is 20.0 Å². The normalized spacial score (nSPS) is 11.1. The number of methoxy groups -OCH3 is 1. The molecule has 0 fully saturated rings. The SMILES string of the molecule is COc1cc2oc(=O)c(C(=O)O)cc2cc1C=Cc1ccc(-c2ccc(N)cc2)cc1. The van der Waals surface area contributed by atoms with Gasteiger partial charge < -0.3 is 20.0 Å². The van der Waals surface area contributed by atoms with Crippen LogP contribution in [0.5, 0.6) is 5.75 Å². The number of nitrogens with two attached hydrogens (primary N) is 1. The Balaban J connectivity index is 1.66. The van der Waals surface area contributed by atoms with Crippen LogP contribution in [-0.2, 0) is 0 Å². The highest BCUT2D eigenvalue weighted by atomic mass is 16.5. The van der Waals surface area contributed by atoms with Gasteiger partial charge in [0.25, 0.3) is 0 Å². The molecule has 3 aromatic carbocycles. The van der Waals surface area contributed by atoms with Gasteiger partial charge in [-0.05, 0) is 41.0 Å². The van der Waals surface area contributed by atoms with Crippen LogP contribution < -0.4 is 16.1 Å². The molecule has 0 aliphatic carbocycles. The summed E-state index contributed by atoms with van der Waals surface area (Å²) in [5, 5.41) is 9.66. The van der Waals surface area contributed by atoms with E-state index in [1.807, 2.05) is 60.7 Å². The van der Waals surface area contributed by atoms with E-state index in [9.17, 15) is 9.59 Å². The van der Waals surface area contributed by atoms with Gasteiger partial charge >= 0.3 is 11.6 Å². The molecule has 1 aromatic heterocycles. The minimum Gasteiger partial charge on any atom is -0.496 e. The lowest BCUT2D eigenvalue weighted by molar-refractivity contribution is 0.0692. The standard InChI is InChI=1S/C25H19NO5/c1-30-22-14-23-19(13-21(24(27)28)25(29)31-23)12-18(22)7-4-15-2-5-16(6-3-15)17-8-10-20(26)11-9-17/h2-14H,26H2,1H3,(H,27,28). The van der Waals surface area contributed by atoms with Crippen LogP contribution in [0.25, 0.3) is 34.2 Å². The molecule has 0 aliphatic heterocycles. The van der Waals surface area contributed by atoms with Gasteiger partial charge in [0.05, 0.1) is 7.11 Å². The summed E-state index contributed by atoms with van der Waals surface area (Å²) in [6.45, 7) is 0. The van der Waals surface area contributed by atoms with Gasteiger partial charge in [0.2, 0.25) is 0 Å². The molecule has 4 rings (SSSR count). The molecule has 1 heterocycles. The molecule has 0 amide bonds. The van der Waals surface area contributed by atoms with Crippen molar-refractivity contribution in [2.24, 2.45) is 0 Å². The number of ether oxygens (including phenoxy) is 1. The molecule has 0 bridgehead atoms. The van der Waals surface area contributed by atoms with Crippen LogP contribution in [0.2, 0.25) is 0 Å². The third-order valence-electron chi connectivity index (χ3n) is 4.92. The number of rotatable bonds is 5. The van der Waals surface area contributed by atoms with Gasteiger partial charge in [-0.25, -0.2) is 9.59 Å². The summed E-state index contributed by atoms with van der Waals surface area (Å²) in [7, 11) is 1.52. The molecule has 4 aromatic rings. The molecule has 0 saturated heterocycles. The molecule has 3 N–H and O–H groups in total. The summed E-state index contributed by atoms with van der Waals surface area (Å²) in [4.78, 5) is 23.0. The van der Waals surface area contributed by atoms with E-state index in [0.29, 0.717) is 11.1 Å². The van der Waals surface area contributed by atoms with E-state index in [2.05, 4.69) is 0 Å². The number of carbonyl (C=O) groups is 1. The van der Waals surface area contributed by atoms with E-state index < -0.39 is 17.2 Å². The van der Waals surface area contributed by atoms with E-state index in [1.165, 1.54) is 13.2 Å². The maximum absolute atomic E-state index is 11.8. The Hall–Kier alpha value is -4.32. The molecule has 0 spiro atoms. The summed E-state index contributed by atoms with van der Waals surface area (Å²) in [6.07, 6.45) is 3.79. The molecular formula is C25H19NO5. The molecule has 0 radical (unpaired) electrons. The zero-order valence-electron chi connectivity index (χ0n) is 16.7. The van der Waals surface area contributed by atoms with Crippen molar-refractivity contribution in [2.45, 2.75) is 0 Å². The number of carboxylic acids is 1. The van der Waals surface area contributed by atoms with Crippen LogP contribution in [0, 0.1) is 0 Å². The minimum absolute atomic E-state index is 0.261. The first kappa shape index (κ1) is 20.0. The second-order valence-electron chi connectivity index (χ2n) is 6.96. The molecule has 31 heavy (non-hydrogen) atoms. The van der Waals surface area contributed by atoms with Crippen molar-refractivity contribution in [1.82, 2.24) is 0 Å². The highest BCUT2D eigenvalue weighted by molar-refractivity contribution is 5.93. The smallest absolute Gasteiger partial charge is 0.351 e. The predicted molar refractivity (Wildman–Crippen MR) is 121 cm³/mol. The maximum Gasteiger partial charge on any atom is 0.351 e. The molecule has 0 aliphatic rings. The van der Waals surface area contributed by atoms with Gasteiger partial charge in [-0.3, -0.25) is 0 Å². The van der Waals surface area contributed by atoms with E-state index in [-0.39, 0.29) is 5.58 Å². The fraction of sp³-hybridized carbons (Fsp3) is 0.0400. The number of hydrogen-bond acceptors (Lipinski definition) is 5. The first-order chi connectivity index (χ1) is 14.9. The van der Waals surface area contributed by atoms with Crippen molar-refractivity contribution in [1.29, 1.82) is 0 Å². The lowest BCUT2D eigenvalue weighted by Gasteiger charge is -2.07. The second-order valence-corrected chi connectivity index (χ2v) is 6.96. The number of aromatic carboxylic acids is 1. The Morgan fingerprint density at radius 1 is 0.968 bits per heavy atom. The monoisotopic (exact) mass is 413 g/mol. The number of fused-ring (bicyclic) bond motifs is 1. The zero-order valence-corrected chi connectivity index (χ0v) is 16.7. The van der Waals surface area contributed by atoms with Crippen LogP contribution in [0.3, 0.4) is 0 Å². The number of carboxylic acid groups (broad SMARTS) is 1. The fourth-order valence-corrected chi connectivity index (χ4v) is 3.27. The number of anilines is 1. The molecule has 0 unspecified atom stereocenters. The van der Waals surface area contributed by atoms with Crippen LogP contribution in [-0.4, -0.2) is 18.2 Å². The quantitative estimate of drug-likeness (QED) is 0.273. The third-order valence-corrected chi connectivity index (χ3v) is 4.92. The number of benzene rings is 3. The Morgan fingerprint density at radius 2 is 1.61 bits per heavy atom. The molecule has 0 saturated carbocycles. The van der Waals surface area contributed by atoms with Crippen molar-refractivity contribution in [2.75, 3.05) is 12.8 Å². The molecular weight excluding hydrogens is 394 g/mol. The van der Waals surface area contributed by atoms with Gasteiger partial charge in [0.1, 0.15) is 16.9 Å². The summed E-state index contributed by atoms with van der Waals surface area (Å²) >= 11 is 0. The Labute approximate surface area is 177 Å². The molecule has 154 valence electrons. The van der Waals surface area contributed by atoms with Crippen molar-refractivity contribution < 1.29 is 19.1 Å². The van der Waals surface area contributed by atoms with Crippen molar-refractivity contribution in [3.8, 4) is 16.9 Å². The Kier molecular flexibility index (Phi) is 5.28. The van der Waals surface area contributed by atoms with Crippen LogP contribution in [0.4, 0.5) is 5.69 Å². The molecule has 6 nitrogen and oxygen atoms in total. The van der Waals surface area contributed by atoms with Gasteiger partial charge in [0, 0.05) is 22.7 Å². The summed E-state index contributed by atoms with van der Waals surface area (Å²) < 4.78 is 10.5. The summed E-state index contributed by atoms with van der Waals surface area (Å²) in [5.74, 6) is -0.821. The largest absolute Gasteiger partial charge is 0.496 e. The van der Waals surface area contributed by atoms with Gasteiger partial charge in [0.15, 0.2) is 0 Å². The highest BCUT2D eigenvalue weighted by Gasteiger charge is 2.14. The Bertz CT molecular complexity index is 1350. The van der Waals surface area contributed by atoms with Crippen molar-refractivity contribution in [3.63, 3.8) is 0 Å². The van der Waals surface area contributed by atoms with E-state index in [0.717, 1.165) is 27.9 Å². The van der Waals surface area contributed by atoms with Gasteiger partial charge in [-0.15, -0.1) is 0 Å². The van der Waals surface area contributed by atoms with Crippen molar-refractivity contribution >= 4 is 34.8 Å². The number of hydrogen-bond donors (Lipinski definition) is 2. The summed E-state index contributed by atoms with van der Waals surface area (Å²) in [6, 6.07) is 20.3. The highest BCUT2D eigenvalue weighted by Crippen LogP contribution is 2.28. The predicted octanol–water partition coefficient (Wildman–Crippen LogP) is 4.92. The molecule has 6 heteroatoms. The third kappa shape index (κ3) is 4.18. The van der Waals surface area contributed by atoms with Crippen LogP contribution in [0.15, 0.2) is 75.9 Å². The van der Waals surface area contributed by atoms with Crippen molar-refractivity contribution in [3.05, 3.63) is 93.8 Å².